The van der Waals surface area contributed by atoms with Crippen LogP contribution in [-0.2, 0) is 0 Å². The summed E-state index contributed by atoms with van der Waals surface area (Å²) in [4.78, 5) is 12.3. The highest BCUT2D eigenvalue weighted by Gasteiger charge is 2.13. The van der Waals surface area contributed by atoms with E-state index in [4.69, 9.17) is 6.42 Å². The summed E-state index contributed by atoms with van der Waals surface area (Å²) < 4.78 is 0. The molecule has 2 rings (SSSR count). The molecule has 0 bridgehead atoms. The Bertz CT molecular complexity index is 619. The zero-order chi connectivity index (χ0) is 13.7. The number of carbonyl (C=O) groups is 1. The van der Waals surface area contributed by atoms with Crippen LogP contribution in [0.4, 0.5) is 0 Å². The lowest BCUT2D eigenvalue weighted by atomic mass is 10.0. The van der Waals surface area contributed by atoms with Gasteiger partial charge in [-0.1, -0.05) is 55.7 Å². The van der Waals surface area contributed by atoms with E-state index in [1.165, 1.54) is 0 Å². The monoisotopic (exact) mass is 251 g/mol. The van der Waals surface area contributed by atoms with Crippen molar-refractivity contribution in [3.8, 4) is 12.3 Å². The minimum Gasteiger partial charge on any atom is -0.338 e. The molecule has 1 atom stereocenters. The zero-order valence-electron chi connectivity index (χ0n) is 11.0. The van der Waals surface area contributed by atoms with Crippen LogP contribution in [0.25, 0.3) is 10.8 Å². The molecule has 96 valence electrons. The predicted octanol–water partition coefficient (Wildman–Crippen LogP) is 3.37. The van der Waals surface area contributed by atoms with Crippen LogP contribution in [0.1, 0.15) is 30.1 Å². The standard InChI is InChI=1S/C17H17NO/c1-3-8-14(4-2)18-17(19)16-12-7-10-13-9-5-6-11-15(13)16/h2,5-7,9-12,14H,3,8H2,1H3,(H,18,19). The molecule has 1 unspecified atom stereocenters. The van der Waals surface area contributed by atoms with E-state index in [-0.39, 0.29) is 11.9 Å². The molecule has 1 N–H and O–H groups in total. The van der Waals surface area contributed by atoms with Crippen LogP contribution < -0.4 is 5.32 Å². The molecule has 0 radical (unpaired) electrons. The van der Waals surface area contributed by atoms with Crippen molar-refractivity contribution in [2.45, 2.75) is 25.8 Å². The Morgan fingerprint density at radius 3 is 2.74 bits per heavy atom. The number of nitrogens with one attached hydrogen (secondary N) is 1. The van der Waals surface area contributed by atoms with Gasteiger partial charge in [0.1, 0.15) is 0 Å². The Hall–Kier alpha value is -2.27. The largest absolute Gasteiger partial charge is 0.338 e. The third kappa shape index (κ3) is 2.95. The highest BCUT2D eigenvalue weighted by Crippen LogP contribution is 2.18. The molecule has 0 saturated carbocycles. The summed E-state index contributed by atoms with van der Waals surface area (Å²) in [5.41, 5.74) is 0.675. The van der Waals surface area contributed by atoms with Crippen molar-refractivity contribution < 1.29 is 4.79 Å². The van der Waals surface area contributed by atoms with Crippen molar-refractivity contribution in [2.24, 2.45) is 0 Å². The van der Waals surface area contributed by atoms with Crippen LogP contribution in [0, 0.1) is 12.3 Å². The van der Waals surface area contributed by atoms with Crippen molar-refractivity contribution in [2.75, 3.05) is 0 Å². The van der Waals surface area contributed by atoms with Gasteiger partial charge >= 0.3 is 0 Å². The molecule has 2 heteroatoms. The van der Waals surface area contributed by atoms with E-state index in [0.29, 0.717) is 5.56 Å². The molecule has 0 spiro atoms. The summed E-state index contributed by atoms with van der Waals surface area (Å²) in [5.74, 6) is 2.52. The lowest BCUT2D eigenvalue weighted by Crippen LogP contribution is -2.33. The number of fused-ring (bicyclic) bond motifs is 1. The second-order valence-corrected chi connectivity index (χ2v) is 4.51. The molecule has 0 fully saturated rings. The molecule has 1 amide bonds. The molecule has 0 aliphatic heterocycles. The molecule has 0 aliphatic rings. The van der Waals surface area contributed by atoms with E-state index < -0.39 is 0 Å². The Labute approximate surface area is 113 Å². The van der Waals surface area contributed by atoms with Crippen LogP contribution in [-0.4, -0.2) is 11.9 Å². The lowest BCUT2D eigenvalue weighted by molar-refractivity contribution is 0.0946. The molecular formula is C17H17NO. The maximum absolute atomic E-state index is 12.3. The summed E-state index contributed by atoms with van der Waals surface area (Å²) >= 11 is 0. The minimum atomic E-state index is -0.198. The Morgan fingerprint density at radius 1 is 1.26 bits per heavy atom. The third-order valence-corrected chi connectivity index (χ3v) is 3.12. The fourth-order valence-electron chi connectivity index (χ4n) is 2.15. The van der Waals surface area contributed by atoms with Gasteiger partial charge in [0.05, 0.1) is 6.04 Å². The minimum absolute atomic E-state index is 0.104. The topological polar surface area (TPSA) is 29.1 Å². The van der Waals surface area contributed by atoms with Crippen LogP contribution in [0.15, 0.2) is 42.5 Å². The second-order valence-electron chi connectivity index (χ2n) is 4.51. The Kier molecular flexibility index (Phi) is 4.20. The maximum atomic E-state index is 12.3. The van der Waals surface area contributed by atoms with Crippen LogP contribution >= 0.6 is 0 Å². The maximum Gasteiger partial charge on any atom is 0.252 e. The number of hydrogen-bond donors (Lipinski definition) is 1. The first kappa shape index (κ1) is 13.2. The Morgan fingerprint density at radius 2 is 2.00 bits per heavy atom. The van der Waals surface area contributed by atoms with Gasteiger partial charge in [-0.25, -0.2) is 0 Å². The normalized spacial score (nSPS) is 11.8. The first-order valence-electron chi connectivity index (χ1n) is 6.51. The van der Waals surface area contributed by atoms with E-state index in [9.17, 15) is 4.79 Å². The molecule has 2 nitrogen and oxygen atoms in total. The average Bonchev–Trinajstić information content (AvgIpc) is 2.46. The van der Waals surface area contributed by atoms with Crippen molar-refractivity contribution in [1.82, 2.24) is 5.32 Å². The number of rotatable bonds is 4. The predicted molar refractivity (Wildman–Crippen MR) is 78.9 cm³/mol. The molecule has 0 heterocycles. The van der Waals surface area contributed by atoms with E-state index in [2.05, 4.69) is 18.2 Å². The first-order chi connectivity index (χ1) is 9.26. The van der Waals surface area contributed by atoms with E-state index in [0.717, 1.165) is 23.6 Å². The molecule has 2 aromatic carbocycles. The zero-order valence-corrected chi connectivity index (χ0v) is 11.0. The molecule has 19 heavy (non-hydrogen) atoms. The van der Waals surface area contributed by atoms with E-state index >= 15 is 0 Å². The van der Waals surface area contributed by atoms with Gasteiger partial charge < -0.3 is 5.32 Å². The molecular weight excluding hydrogens is 234 g/mol. The number of carbonyl (C=O) groups excluding carboxylic acids is 1. The average molecular weight is 251 g/mol. The summed E-state index contributed by atoms with van der Waals surface area (Å²) in [5, 5.41) is 4.91. The highest BCUT2D eigenvalue weighted by atomic mass is 16.1. The number of benzene rings is 2. The number of hydrogen-bond acceptors (Lipinski definition) is 1. The van der Waals surface area contributed by atoms with Gasteiger partial charge in [0.15, 0.2) is 0 Å². The van der Waals surface area contributed by atoms with Gasteiger partial charge in [0, 0.05) is 5.56 Å². The van der Waals surface area contributed by atoms with Crippen LogP contribution in [0.5, 0.6) is 0 Å². The summed E-state index contributed by atoms with van der Waals surface area (Å²) in [7, 11) is 0. The lowest BCUT2D eigenvalue weighted by Gasteiger charge is -2.13. The fraction of sp³-hybridized carbons (Fsp3) is 0.235. The summed E-state index contributed by atoms with van der Waals surface area (Å²) in [6.07, 6.45) is 7.18. The molecule has 0 aliphatic carbocycles. The van der Waals surface area contributed by atoms with Gasteiger partial charge in [-0.05, 0) is 23.3 Å². The highest BCUT2D eigenvalue weighted by molar-refractivity contribution is 6.07. The molecule has 0 saturated heterocycles. The molecule has 2 aromatic rings. The second kappa shape index (κ2) is 6.06. The van der Waals surface area contributed by atoms with Gasteiger partial charge in [-0.15, -0.1) is 6.42 Å². The van der Waals surface area contributed by atoms with Crippen molar-refractivity contribution in [3.63, 3.8) is 0 Å². The molecule has 0 aromatic heterocycles. The smallest absolute Gasteiger partial charge is 0.252 e. The van der Waals surface area contributed by atoms with Gasteiger partial charge in [0.25, 0.3) is 5.91 Å². The Balaban J connectivity index is 2.29. The SMILES string of the molecule is C#CC(CCC)NC(=O)c1cccc2ccccc12. The number of amides is 1. The fourth-order valence-corrected chi connectivity index (χ4v) is 2.15. The van der Waals surface area contributed by atoms with Crippen LogP contribution in [0.3, 0.4) is 0 Å². The van der Waals surface area contributed by atoms with Crippen molar-refractivity contribution in [1.29, 1.82) is 0 Å². The van der Waals surface area contributed by atoms with E-state index in [1.807, 2.05) is 42.5 Å². The first-order valence-corrected chi connectivity index (χ1v) is 6.51. The van der Waals surface area contributed by atoms with Gasteiger partial charge in [0.2, 0.25) is 0 Å². The quantitative estimate of drug-likeness (QED) is 0.829. The van der Waals surface area contributed by atoms with Crippen LogP contribution in [0.2, 0.25) is 0 Å². The summed E-state index contributed by atoms with van der Waals surface area (Å²) in [6.45, 7) is 2.05. The van der Waals surface area contributed by atoms with E-state index in [1.54, 1.807) is 0 Å². The van der Waals surface area contributed by atoms with Gasteiger partial charge in [-0.3, -0.25) is 4.79 Å². The summed E-state index contributed by atoms with van der Waals surface area (Å²) in [6, 6.07) is 13.4. The third-order valence-electron chi connectivity index (χ3n) is 3.12. The number of terminal acetylenes is 1. The van der Waals surface area contributed by atoms with Crippen molar-refractivity contribution >= 4 is 16.7 Å². The van der Waals surface area contributed by atoms with Gasteiger partial charge in [-0.2, -0.15) is 0 Å². The van der Waals surface area contributed by atoms with Crippen molar-refractivity contribution in [3.05, 3.63) is 48.0 Å².